The standard InChI is InChI=1S/C21H27N3O/c1-3-8-24-12-13(10-20(22)25)9-15-14-6-5-7-18-21(14)16(11-19(15)24)17(4-2)23-18/h4-7,13,15,19,23H,2-3,8-12H2,1H3,(H2,22,25)/t13-,15?,19+/m0/s1. The highest BCUT2D eigenvalue weighted by Crippen LogP contribution is 2.46. The molecule has 4 nitrogen and oxygen atoms in total. The molecule has 2 aromatic rings. The maximum atomic E-state index is 11.5. The van der Waals surface area contributed by atoms with Gasteiger partial charge in [0.05, 0.1) is 0 Å². The predicted molar refractivity (Wildman–Crippen MR) is 102 cm³/mol. The van der Waals surface area contributed by atoms with E-state index in [4.69, 9.17) is 5.73 Å². The van der Waals surface area contributed by atoms with E-state index in [0.29, 0.717) is 24.3 Å². The number of amides is 1. The summed E-state index contributed by atoms with van der Waals surface area (Å²) in [5.74, 6) is 0.666. The van der Waals surface area contributed by atoms with E-state index in [9.17, 15) is 4.79 Å². The molecule has 1 aliphatic heterocycles. The first kappa shape index (κ1) is 16.4. The second kappa shape index (κ2) is 6.34. The zero-order valence-corrected chi connectivity index (χ0v) is 14.9. The number of aromatic amines is 1. The number of hydrogen-bond acceptors (Lipinski definition) is 2. The topological polar surface area (TPSA) is 62.1 Å². The third kappa shape index (κ3) is 2.69. The molecule has 4 rings (SSSR count). The van der Waals surface area contributed by atoms with Crippen LogP contribution in [0.5, 0.6) is 0 Å². The molecular formula is C21H27N3O. The summed E-state index contributed by atoms with van der Waals surface area (Å²) in [5, 5.41) is 1.38. The van der Waals surface area contributed by atoms with Crippen LogP contribution in [0.25, 0.3) is 17.0 Å². The predicted octanol–water partition coefficient (Wildman–Crippen LogP) is 3.43. The number of rotatable bonds is 5. The molecule has 2 heterocycles. The van der Waals surface area contributed by atoms with Crippen LogP contribution in [0.15, 0.2) is 24.8 Å². The number of benzene rings is 1. The lowest BCUT2D eigenvalue weighted by Crippen LogP contribution is -2.50. The minimum absolute atomic E-state index is 0.176. The van der Waals surface area contributed by atoms with Crippen LogP contribution in [-0.2, 0) is 11.2 Å². The van der Waals surface area contributed by atoms with E-state index >= 15 is 0 Å². The largest absolute Gasteiger partial charge is 0.370 e. The Kier molecular flexibility index (Phi) is 4.16. The number of H-pyrrole nitrogens is 1. The van der Waals surface area contributed by atoms with Gasteiger partial charge in [0.1, 0.15) is 0 Å². The summed E-state index contributed by atoms with van der Waals surface area (Å²) < 4.78 is 0. The molecule has 1 aliphatic carbocycles. The Labute approximate surface area is 149 Å². The Balaban J connectivity index is 1.80. The van der Waals surface area contributed by atoms with E-state index in [1.54, 1.807) is 0 Å². The van der Waals surface area contributed by atoms with Crippen LogP contribution < -0.4 is 5.73 Å². The summed E-state index contributed by atoms with van der Waals surface area (Å²) in [6, 6.07) is 7.09. The minimum atomic E-state index is -0.176. The van der Waals surface area contributed by atoms with Crippen molar-refractivity contribution in [2.24, 2.45) is 11.7 Å². The van der Waals surface area contributed by atoms with Gasteiger partial charge in [0.2, 0.25) is 5.91 Å². The number of likely N-dealkylation sites (tertiary alicyclic amines) is 1. The van der Waals surface area contributed by atoms with Gasteiger partial charge in [-0.05, 0) is 55.0 Å². The Morgan fingerprint density at radius 1 is 1.48 bits per heavy atom. The Bertz CT molecular complexity index is 822. The molecule has 25 heavy (non-hydrogen) atoms. The Hall–Kier alpha value is -2.07. The Morgan fingerprint density at radius 3 is 3.04 bits per heavy atom. The van der Waals surface area contributed by atoms with Crippen LogP contribution in [0, 0.1) is 5.92 Å². The van der Waals surface area contributed by atoms with Gasteiger partial charge in [0, 0.05) is 41.5 Å². The fourth-order valence-corrected chi connectivity index (χ4v) is 5.17. The summed E-state index contributed by atoms with van der Waals surface area (Å²) in [4.78, 5) is 17.6. The van der Waals surface area contributed by atoms with Gasteiger partial charge in [0.15, 0.2) is 0 Å². The van der Waals surface area contributed by atoms with Crippen molar-refractivity contribution in [3.63, 3.8) is 0 Å². The molecule has 132 valence electrons. The lowest BCUT2D eigenvalue weighted by Gasteiger charge is -2.47. The molecule has 3 N–H and O–H groups in total. The molecule has 1 aromatic heterocycles. The molecule has 3 atom stereocenters. The average Bonchev–Trinajstić information content (AvgIpc) is 2.95. The van der Waals surface area contributed by atoms with Crippen molar-refractivity contribution in [3.8, 4) is 0 Å². The number of fused-ring (bicyclic) bond motifs is 2. The van der Waals surface area contributed by atoms with E-state index in [0.717, 1.165) is 38.0 Å². The number of carbonyl (C=O) groups is 1. The van der Waals surface area contributed by atoms with Gasteiger partial charge in [-0.3, -0.25) is 9.69 Å². The summed E-state index contributed by atoms with van der Waals surface area (Å²) in [5.41, 5.74) is 10.7. The van der Waals surface area contributed by atoms with Crippen LogP contribution in [0.3, 0.4) is 0 Å². The van der Waals surface area contributed by atoms with Gasteiger partial charge < -0.3 is 10.7 Å². The van der Waals surface area contributed by atoms with Crippen LogP contribution >= 0.6 is 0 Å². The monoisotopic (exact) mass is 337 g/mol. The molecule has 1 aromatic carbocycles. The number of nitrogens with one attached hydrogen (secondary N) is 1. The van der Waals surface area contributed by atoms with Gasteiger partial charge in [-0.25, -0.2) is 0 Å². The highest BCUT2D eigenvalue weighted by Gasteiger charge is 2.41. The van der Waals surface area contributed by atoms with Gasteiger partial charge in [-0.2, -0.15) is 0 Å². The van der Waals surface area contributed by atoms with Crippen molar-refractivity contribution in [1.29, 1.82) is 0 Å². The molecule has 0 radical (unpaired) electrons. The maximum absolute atomic E-state index is 11.5. The first-order valence-corrected chi connectivity index (χ1v) is 9.40. The number of nitrogens with zero attached hydrogens (tertiary/aromatic N) is 1. The van der Waals surface area contributed by atoms with Crippen molar-refractivity contribution >= 4 is 22.9 Å². The number of hydrogen-bond donors (Lipinski definition) is 2. The third-order valence-corrected chi connectivity index (χ3v) is 6.02. The maximum Gasteiger partial charge on any atom is 0.217 e. The highest BCUT2D eigenvalue weighted by atomic mass is 16.1. The molecule has 4 heteroatoms. The van der Waals surface area contributed by atoms with Crippen LogP contribution in [-0.4, -0.2) is 34.9 Å². The molecule has 1 fully saturated rings. The smallest absolute Gasteiger partial charge is 0.217 e. The first-order valence-electron chi connectivity index (χ1n) is 9.40. The summed E-state index contributed by atoms with van der Waals surface area (Å²) in [6.45, 7) is 8.29. The van der Waals surface area contributed by atoms with E-state index in [1.807, 2.05) is 6.08 Å². The average molecular weight is 337 g/mol. The van der Waals surface area contributed by atoms with E-state index in [1.165, 1.54) is 22.0 Å². The van der Waals surface area contributed by atoms with Crippen LogP contribution in [0.2, 0.25) is 0 Å². The minimum Gasteiger partial charge on any atom is -0.370 e. The highest BCUT2D eigenvalue weighted by molar-refractivity contribution is 5.91. The first-order chi connectivity index (χ1) is 12.1. The molecule has 2 aliphatic rings. The quantitative estimate of drug-likeness (QED) is 0.878. The molecule has 0 saturated carbocycles. The molecule has 1 unspecified atom stereocenters. The summed E-state index contributed by atoms with van der Waals surface area (Å²) in [7, 11) is 0. The normalized spacial score (nSPS) is 25.7. The van der Waals surface area contributed by atoms with Crippen molar-refractivity contribution in [2.45, 2.75) is 44.6 Å². The van der Waals surface area contributed by atoms with E-state index in [2.05, 4.69) is 41.6 Å². The summed E-state index contributed by atoms with van der Waals surface area (Å²) in [6.07, 6.45) is 5.69. The number of aromatic nitrogens is 1. The fraction of sp³-hybridized carbons (Fsp3) is 0.476. The lowest BCUT2D eigenvalue weighted by molar-refractivity contribution is -0.119. The second-order valence-electron chi connectivity index (χ2n) is 7.64. The van der Waals surface area contributed by atoms with Crippen molar-refractivity contribution in [1.82, 2.24) is 9.88 Å². The fourth-order valence-electron chi connectivity index (χ4n) is 5.17. The number of piperidine rings is 1. The van der Waals surface area contributed by atoms with E-state index in [-0.39, 0.29) is 5.91 Å². The van der Waals surface area contributed by atoms with Crippen molar-refractivity contribution in [2.75, 3.05) is 13.1 Å². The van der Waals surface area contributed by atoms with Crippen LogP contribution in [0.4, 0.5) is 0 Å². The zero-order valence-electron chi connectivity index (χ0n) is 14.9. The molecule has 0 bridgehead atoms. The van der Waals surface area contributed by atoms with Gasteiger partial charge in [-0.1, -0.05) is 25.6 Å². The van der Waals surface area contributed by atoms with E-state index < -0.39 is 0 Å². The number of carbonyl (C=O) groups excluding carboxylic acids is 1. The molecule has 1 saturated heterocycles. The molecule has 0 spiro atoms. The summed E-state index contributed by atoms with van der Waals surface area (Å²) >= 11 is 0. The zero-order chi connectivity index (χ0) is 17.6. The Morgan fingerprint density at radius 2 is 2.32 bits per heavy atom. The second-order valence-corrected chi connectivity index (χ2v) is 7.64. The number of primary amides is 1. The molecule has 1 amide bonds. The van der Waals surface area contributed by atoms with Crippen molar-refractivity contribution < 1.29 is 4.79 Å². The van der Waals surface area contributed by atoms with Gasteiger partial charge in [0.25, 0.3) is 0 Å². The van der Waals surface area contributed by atoms with Gasteiger partial charge in [-0.15, -0.1) is 0 Å². The van der Waals surface area contributed by atoms with Crippen molar-refractivity contribution in [3.05, 3.63) is 41.6 Å². The van der Waals surface area contributed by atoms with Gasteiger partial charge >= 0.3 is 0 Å². The van der Waals surface area contributed by atoms with Crippen LogP contribution in [0.1, 0.15) is 48.9 Å². The third-order valence-electron chi connectivity index (χ3n) is 6.02. The number of nitrogens with two attached hydrogens (primary N) is 1. The molecular weight excluding hydrogens is 310 g/mol. The SMILES string of the molecule is C=Cc1[nH]c2cccc3c2c1C[C@@H]1C3C[C@@H](CC(N)=O)CN1CCC. The lowest BCUT2D eigenvalue weighted by atomic mass is 9.71.